The number of carbonyl (C=O) groups is 2. The quantitative estimate of drug-likeness (QED) is 0.219. The molecule has 0 fully saturated rings. The van der Waals surface area contributed by atoms with Gasteiger partial charge < -0.3 is 0 Å². The van der Waals surface area contributed by atoms with Gasteiger partial charge >= 0.3 is 201 Å². The zero-order valence-corrected chi connectivity index (χ0v) is 24.6. The summed E-state index contributed by atoms with van der Waals surface area (Å²) in [5.41, 5.74) is -1.63. The fourth-order valence-electron chi connectivity index (χ4n) is 3.28. The van der Waals surface area contributed by atoms with E-state index < -0.39 is 84.7 Å². The Bertz CT molecular complexity index is 890. The standard InChI is InChI=1S/2C7H4F2O2.4C2H5.O.2Sn/c2*8-4-2-1-3-5(9)6(4)7(10)11;4*1-2;;;/h2*1-3H,(H,10,11);4*1H2,2H3;;;/q;;;;;;;2*+1/p-2. The normalized spacial score (nSPS) is 11.9. The second kappa shape index (κ2) is 11.9. The van der Waals surface area contributed by atoms with Crippen molar-refractivity contribution >= 4 is 50.3 Å². The molecule has 0 aliphatic rings. The molecule has 180 valence electrons. The van der Waals surface area contributed by atoms with Gasteiger partial charge in [-0.1, -0.05) is 0 Å². The first-order valence-electron chi connectivity index (χ1n) is 10.6. The molecule has 2 aromatic rings. The molecule has 0 unspecified atom stereocenters. The molecule has 0 atom stereocenters. The van der Waals surface area contributed by atoms with Crippen LogP contribution in [0.25, 0.3) is 0 Å². The fraction of sp³-hybridized carbons (Fsp3) is 0.364. The molecule has 2 rings (SSSR count). The number of carbonyl (C=O) groups excluding carboxylic acids is 2. The average molecular weight is 684 g/mol. The molecule has 0 amide bonds. The molecule has 11 heteroatoms. The van der Waals surface area contributed by atoms with Crippen LogP contribution in [0.1, 0.15) is 48.4 Å². The van der Waals surface area contributed by atoms with Gasteiger partial charge in [0.15, 0.2) is 0 Å². The first-order valence-corrected chi connectivity index (χ1v) is 23.4. The second-order valence-corrected chi connectivity index (χ2v) is 31.4. The number of hydrogen-bond donors (Lipinski definition) is 0. The van der Waals surface area contributed by atoms with Crippen LogP contribution in [0.4, 0.5) is 17.6 Å². The molecule has 2 aromatic carbocycles. The van der Waals surface area contributed by atoms with Gasteiger partial charge in [0, 0.05) is 0 Å². The molecule has 0 aromatic heterocycles. The van der Waals surface area contributed by atoms with Crippen LogP contribution < -0.4 is 0 Å². The third-order valence-electron chi connectivity index (χ3n) is 5.42. The number of halogens is 4. The zero-order chi connectivity index (χ0) is 24.8. The molecule has 0 saturated heterocycles. The van der Waals surface area contributed by atoms with E-state index in [-0.39, 0.29) is 17.7 Å². The number of benzene rings is 2. The van der Waals surface area contributed by atoms with Crippen molar-refractivity contribution in [1.82, 2.24) is 0 Å². The van der Waals surface area contributed by atoms with Crippen molar-refractivity contribution < 1.29 is 34.7 Å². The van der Waals surface area contributed by atoms with Crippen LogP contribution >= 0.6 is 0 Å². The first kappa shape index (κ1) is 27.9. The third-order valence-corrected chi connectivity index (χ3v) is 37.3. The predicted octanol–water partition coefficient (Wildman–Crippen LogP) is 6.24. The van der Waals surface area contributed by atoms with E-state index in [0.29, 0.717) is 0 Å². The Morgan fingerprint density at radius 2 is 0.909 bits per heavy atom. The van der Waals surface area contributed by atoms with Crippen molar-refractivity contribution in [2.75, 3.05) is 0 Å². The number of hydrogen-bond acceptors (Lipinski definition) is 5. The molecule has 0 aliphatic heterocycles. The van der Waals surface area contributed by atoms with Crippen LogP contribution in [0.2, 0.25) is 17.7 Å². The van der Waals surface area contributed by atoms with E-state index in [4.69, 9.17) is 7.56 Å². The van der Waals surface area contributed by atoms with Crippen LogP contribution in [0.3, 0.4) is 0 Å². The summed E-state index contributed by atoms with van der Waals surface area (Å²) in [5.74, 6) is -6.60. The summed E-state index contributed by atoms with van der Waals surface area (Å²) in [6.07, 6.45) is 0. The summed E-state index contributed by atoms with van der Waals surface area (Å²) in [4.78, 5) is 25.4. The van der Waals surface area contributed by atoms with Gasteiger partial charge in [-0.3, -0.25) is 0 Å². The van der Waals surface area contributed by atoms with E-state index in [1.165, 1.54) is 0 Å². The minimum atomic E-state index is -4.39. The van der Waals surface area contributed by atoms with Crippen LogP contribution in [-0.2, 0) is 7.56 Å². The van der Waals surface area contributed by atoms with Crippen molar-refractivity contribution in [3.8, 4) is 0 Å². The Labute approximate surface area is 200 Å². The van der Waals surface area contributed by atoms with Gasteiger partial charge in [0.05, 0.1) is 0 Å². The molecule has 5 nitrogen and oxygen atoms in total. The third kappa shape index (κ3) is 6.41. The molecule has 0 aliphatic carbocycles. The molecule has 33 heavy (non-hydrogen) atoms. The average Bonchev–Trinajstić information content (AvgIpc) is 2.77. The van der Waals surface area contributed by atoms with Crippen LogP contribution in [0, 0.1) is 23.3 Å². The Balaban J connectivity index is 2.38. The van der Waals surface area contributed by atoms with Gasteiger partial charge in [-0.2, -0.15) is 0 Å². The Morgan fingerprint density at radius 3 is 1.15 bits per heavy atom. The first-order chi connectivity index (χ1) is 15.6. The van der Waals surface area contributed by atoms with Crippen LogP contribution in [0.15, 0.2) is 36.4 Å². The molecule has 0 bridgehead atoms. The molecule has 0 spiro atoms. The molecular weight excluding hydrogens is 658 g/mol. The molecule has 0 radical (unpaired) electrons. The maximum absolute atomic E-state index is 14.1. The molecular formula is C22H26F4O5Sn2. The predicted molar refractivity (Wildman–Crippen MR) is 118 cm³/mol. The Kier molecular flexibility index (Phi) is 10.0. The summed E-state index contributed by atoms with van der Waals surface area (Å²) < 4.78 is 75.3. The van der Waals surface area contributed by atoms with E-state index in [9.17, 15) is 27.2 Å². The van der Waals surface area contributed by atoms with Crippen LogP contribution in [-0.4, -0.2) is 50.3 Å². The Morgan fingerprint density at radius 1 is 0.636 bits per heavy atom. The molecule has 0 saturated carbocycles. The summed E-state index contributed by atoms with van der Waals surface area (Å²) in [6.45, 7) is 6.91. The fourth-order valence-corrected chi connectivity index (χ4v) is 39.7. The van der Waals surface area contributed by atoms with Crippen molar-refractivity contribution in [1.29, 1.82) is 0 Å². The van der Waals surface area contributed by atoms with Crippen LogP contribution in [0.5, 0.6) is 0 Å². The topological polar surface area (TPSA) is 61.8 Å². The maximum atomic E-state index is 14.1. The van der Waals surface area contributed by atoms with E-state index in [0.717, 1.165) is 36.4 Å². The SMILES string of the molecule is C[CH2][Sn]([CH2]C)([O]C(=O)c1c(F)cccc1F)[O][Sn]([CH2]C)([CH2]C)[O]C(=O)c1c(F)cccc1F. The monoisotopic (exact) mass is 686 g/mol. The van der Waals surface area contributed by atoms with Gasteiger partial charge in [-0.15, -0.1) is 0 Å². The van der Waals surface area contributed by atoms with Crippen molar-refractivity contribution in [3.05, 3.63) is 70.8 Å². The summed E-state index contributed by atoms with van der Waals surface area (Å²) >= 11 is -8.78. The van der Waals surface area contributed by atoms with Crippen molar-refractivity contribution in [2.24, 2.45) is 0 Å². The summed E-state index contributed by atoms with van der Waals surface area (Å²) in [7, 11) is 0. The van der Waals surface area contributed by atoms with E-state index in [2.05, 4.69) is 0 Å². The van der Waals surface area contributed by atoms with E-state index in [1.807, 2.05) is 0 Å². The van der Waals surface area contributed by atoms with Crippen molar-refractivity contribution in [3.63, 3.8) is 0 Å². The zero-order valence-electron chi connectivity index (χ0n) is 18.8. The molecule has 0 heterocycles. The van der Waals surface area contributed by atoms with Gasteiger partial charge in [0.2, 0.25) is 0 Å². The Hall–Kier alpha value is -1.34. The summed E-state index contributed by atoms with van der Waals surface area (Å²) in [5, 5.41) is 0. The van der Waals surface area contributed by atoms with Crippen molar-refractivity contribution in [2.45, 2.75) is 45.4 Å². The van der Waals surface area contributed by atoms with E-state index in [1.54, 1.807) is 27.7 Å². The number of rotatable bonds is 10. The second-order valence-electron chi connectivity index (χ2n) is 7.31. The van der Waals surface area contributed by atoms with E-state index >= 15 is 0 Å². The van der Waals surface area contributed by atoms with Gasteiger partial charge in [0.1, 0.15) is 0 Å². The van der Waals surface area contributed by atoms with Gasteiger partial charge in [-0.05, 0) is 0 Å². The van der Waals surface area contributed by atoms with Gasteiger partial charge in [-0.25, -0.2) is 0 Å². The molecule has 0 N–H and O–H groups in total. The minimum absolute atomic E-state index is 0.289. The summed E-state index contributed by atoms with van der Waals surface area (Å²) in [6, 6.07) is 6.05. The van der Waals surface area contributed by atoms with Gasteiger partial charge in [0.25, 0.3) is 0 Å².